The number of carbonyl (C=O) groups excluding carboxylic acids is 1. The van der Waals surface area contributed by atoms with Crippen LogP contribution in [-0.2, 0) is 18.6 Å². The molecule has 0 radical (unpaired) electrons. The first-order valence-electron chi connectivity index (χ1n) is 10.8. The van der Waals surface area contributed by atoms with E-state index < -0.39 is 0 Å². The van der Waals surface area contributed by atoms with E-state index in [1.54, 1.807) is 18.2 Å². The van der Waals surface area contributed by atoms with Gasteiger partial charge in [-0.15, -0.1) is 0 Å². The van der Waals surface area contributed by atoms with Crippen molar-refractivity contribution in [1.29, 1.82) is 0 Å². The summed E-state index contributed by atoms with van der Waals surface area (Å²) in [6.07, 6.45) is 2.27. The molecule has 0 fully saturated rings. The summed E-state index contributed by atoms with van der Waals surface area (Å²) in [7, 11) is 0. The molecular weight excluding hydrogens is 477 g/mol. The van der Waals surface area contributed by atoms with Crippen LogP contribution in [0.25, 0.3) is 0 Å². The number of aliphatic hydroxyl groups is 1. The third-order valence-corrected chi connectivity index (χ3v) is 6.69. The fourth-order valence-electron chi connectivity index (χ4n) is 4.62. The Morgan fingerprint density at radius 1 is 1.26 bits per heavy atom. The standard InChI is InChI=1S/C24H23Cl2N5O3/c1-24(2)19-13(6-7-28-24)8-15(9-14(19)11-32)29-23-27-10-16-21(30-23)34-12-31(22(16)33)20-17(25)4-3-5-18(20)26/h3-5,8-10,28,32H,6-7,11-12H2,1-2H3,(H,27,29,30). The van der Waals surface area contributed by atoms with Gasteiger partial charge >= 0.3 is 0 Å². The zero-order valence-electron chi connectivity index (χ0n) is 18.7. The lowest BCUT2D eigenvalue weighted by molar-refractivity contribution is 0.0932. The number of rotatable bonds is 4. The number of aromatic nitrogens is 2. The number of halogens is 2. The number of nitrogens with one attached hydrogen (secondary N) is 2. The summed E-state index contributed by atoms with van der Waals surface area (Å²) in [4.78, 5) is 23.2. The molecular formula is C24H23Cl2N5O3. The second-order valence-electron chi connectivity index (χ2n) is 8.74. The van der Waals surface area contributed by atoms with E-state index in [1.165, 1.54) is 11.1 Å². The van der Waals surface area contributed by atoms with E-state index in [0.717, 1.165) is 35.3 Å². The van der Waals surface area contributed by atoms with E-state index in [1.807, 2.05) is 12.1 Å². The molecule has 176 valence electrons. The number of fused-ring (bicyclic) bond motifs is 2. The van der Waals surface area contributed by atoms with Crippen LogP contribution in [0, 0.1) is 0 Å². The molecule has 3 N–H and O–H groups in total. The van der Waals surface area contributed by atoms with Gasteiger partial charge in [0, 0.05) is 17.4 Å². The summed E-state index contributed by atoms with van der Waals surface area (Å²) in [5.41, 5.74) is 4.24. The van der Waals surface area contributed by atoms with E-state index in [2.05, 4.69) is 34.4 Å². The van der Waals surface area contributed by atoms with Crippen LogP contribution in [-0.4, -0.2) is 34.3 Å². The lowest BCUT2D eigenvalue weighted by Gasteiger charge is -2.36. The number of carbonyl (C=O) groups is 1. The van der Waals surface area contributed by atoms with Crippen molar-refractivity contribution in [1.82, 2.24) is 15.3 Å². The first-order chi connectivity index (χ1) is 16.3. The molecule has 3 heterocycles. The fraction of sp³-hybridized carbons (Fsp3) is 0.292. The number of hydrogen-bond acceptors (Lipinski definition) is 7. The van der Waals surface area contributed by atoms with E-state index in [0.29, 0.717) is 15.7 Å². The van der Waals surface area contributed by atoms with Crippen molar-refractivity contribution in [3.05, 3.63) is 68.8 Å². The summed E-state index contributed by atoms with van der Waals surface area (Å²) in [5, 5.41) is 17.4. The van der Waals surface area contributed by atoms with Crippen LogP contribution in [0.15, 0.2) is 36.5 Å². The van der Waals surface area contributed by atoms with Crippen molar-refractivity contribution in [2.45, 2.75) is 32.4 Å². The van der Waals surface area contributed by atoms with Gasteiger partial charge in [0.25, 0.3) is 5.91 Å². The highest BCUT2D eigenvalue weighted by Gasteiger charge is 2.32. The SMILES string of the molecule is CC1(C)NCCc2cc(Nc3ncc4c(n3)OCN(c3c(Cl)cccc3Cl)C4=O)cc(CO)c21. The first-order valence-corrected chi connectivity index (χ1v) is 11.6. The average Bonchev–Trinajstić information content (AvgIpc) is 2.79. The van der Waals surface area contributed by atoms with Gasteiger partial charge in [-0.1, -0.05) is 29.3 Å². The molecule has 0 aliphatic carbocycles. The Bertz CT molecular complexity index is 1260. The molecule has 0 saturated carbocycles. The predicted octanol–water partition coefficient (Wildman–Crippen LogP) is 4.40. The monoisotopic (exact) mass is 499 g/mol. The van der Waals surface area contributed by atoms with Crippen LogP contribution in [0.3, 0.4) is 0 Å². The Morgan fingerprint density at radius 2 is 2.03 bits per heavy atom. The maximum Gasteiger partial charge on any atom is 0.268 e. The van der Waals surface area contributed by atoms with Crippen molar-refractivity contribution < 1.29 is 14.6 Å². The summed E-state index contributed by atoms with van der Waals surface area (Å²) >= 11 is 12.5. The zero-order chi connectivity index (χ0) is 24.0. The highest BCUT2D eigenvalue weighted by Crippen LogP contribution is 2.38. The smallest absolute Gasteiger partial charge is 0.268 e. The number of hydrogen-bond donors (Lipinski definition) is 3. The molecule has 0 saturated heterocycles. The number of benzene rings is 2. The second-order valence-corrected chi connectivity index (χ2v) is 9.56. The minimum atomic E-state index is -0.353. The Morgan fingerprint density at radius 3 is 2.76 bits per heavy atom. The highest BCUT2D eigenvalue weighted by molar-refractivity contribution is 6.40. The summed E-state index contributed by atoms with van der Waals surface area (Å²) in [5.74, 6) is 0.106. The quantitative estimate of drug-likeness (QED) is 0.489. The van der Waals surface area contributed by atoms with Crippen molar-refractivity contribution in [2.75, 3.05) is 23.5 Å². The Balaban J connectivity index is 1.43. The Kier molecular flexibility index (Phi) is 5.85. The number of anilines is 3. The van der Waals surface area contributed by atoms with Gasteiger partial charge < -0.3 is 20.5 Å². The maximum atomic E-state index is 13.1. The Labute approximate surface area is 206 Å². The average molecular weight is 500 g/mol. The third-order valence-electron chi connectivity index (χ3n) is 6.08. The van der Waals surface area contributed by atoms with Crippen LogP contribution < -0.4 is 20.3 Å². The molecule has 1 amide bonds. The van der Waals surface area contributed by atoms with Crippen molar-refractivity contribution in [2.24, 2.45) is 0 Å². The Hall–Kier alpha value is -2.91. The van der Waals surface area contributed by atoms with Gasteiger partial charge in [0.1, 0.15) is 5.56 Å². The molecule has 3 aromatic rings. The van der Waals surface area contributed by atoms with E-state index in [-0.39, 0.29) is 42.2 Å². The normalized spacial score (nSPS) is 16.5. The second kappa shape index (κ2) is 8.70. The topological polar surface area (TPSA) is 99.6 Å². The summed E-state index contributed by atoms with van der Waals surface area (Å²) < 4.78 is 5.76. The molecule has 34 heavy (non-hydrogen) atoms. The third kappa shape index (κ3) is 3.96. The maximum absolute atomic E-state index is 13.1. The van der Waals surface area contributed by atoms with Gasteiger partial charge in [-0.25, -0.2) is 4.98 Å². The molecule has 0 spiro atoms. The van der Waals surface area contributed by atoms with Crippen molar-refractivity contribution in [3.8, 4) is 5.88 Å². The number of ether oxygens (including phenoxy) is 1. The molecule has 8 nitrogen and oxygen atoms in total. The number of nitrogens with zero attached hydrogens (tertiary/aromatic N) is 3. The van der Waals surface area contributed by atoms with Crippen LogP contribution in [0.5, 0.6) is 5.88 Å². The molecule has 0 unspecified atom stereocenters. The minimum Gasteiger partial charge on any atom is -0.455 e. The van der Waals surface area contributed by atoms with Gasteiger partial charge in [-0.2, -0.15) is 4.98 Å². The van der Waals surface area contributed by atoms with E-state index >= 15 is 0 Å². The molecule has 0 bridgehead atoms. The van der Waals surface area contributed by atoms with Gasteiger partial charge in [0.2, 0.25) is 11.8 Å². The van der Waals surface area contributed by atoms with Gasteiger partial charge in [-0.3, -0.25) is 9.69 Å². The van der Waals surface area contributed by atoms with Crippen LogP contribution in [0.4, 0.5) is 17.3 Å². The van der Waals surface area contributed by atoms with Crippen molar-refractivity contribution in [3.63, 3.8) is 0 Å². The largest absolute Gasteiger partial charge is 0.455 e. The van der Waals surface area contributed by atoms with Gasteiger partial charge in [0.05, 0.1) is 22.3 Å². The fourth-order valence-corrected chi connectivity index (χ4v) is 5.22. The predicted molar refractivity (Wildman–Crippen MR) is 131 cm³/mol. The highest BCUT2D eigenvalue weighted by atomic mass is 35.5. The van der Waals surface area contributed by atoms with Crippen molar-refractivity contribution >= 4 is 46.4 Å². The van der Waals surface area contributed by atoms with E-state index in [9.17, 15) is 9.90 Å². The summed E-state index contributed by atoms with van der Waals surface area (Å²) in [6.45, 7) is 4.91. The molecule has 10 heteroatoms. The number of para-hydroxylation sites is 1. The van der Waals surface area contributed by atoms with Crippen LogP contribution in [0.1, 0.15) is 40.9 Å². The van der Waals surface area contributed by atoms with Crippen LogP contribution in [0.2, 0.25) is 10.0 Å². The molecule has 2 aromatic carbocycles. The lowest BCUT2D eigenvalue weighted by atomic mass is 9.82. The summed E-state index contributed by atoms with van der Waals surface area (Å²) in [6, 6.07) is 8.96. The first kappa shape index (κ1) is 22.9. The molecule has 2 aliphatic heterocycles. The zero-order valence-corrected chi connectivity index (χ0v) is 20.2. The van der Waals surface area contributed by atoms with Crippen LogP contribution >= 0.6 is 23.2 Å². The molecule has 1 aromatic heterocycles. The van der Waals surface area contributed by atoms with Gasteiger partial charge in [-0.05, 0) is 67.8 Å². The molecule has 0 atom stereocenters. The van der Waals surface area contributed by atoms with Gasteiger partial charge in [0.15, 0.2) is 6.73 Å². The lowest BCUT2D eigenvalue weighted by Crippen LogP contribution is -2.43. The number of amides is 1. The molecule has 2 aliphatic rings. The molecule has 5 rings (SSSR count). The minimum absolute atomic E-state index is 0.0773. The number of aliphatic hydroxyl groups excluding tert-OH is 1. The van der Waals surface area contributed by atoms with E-state index in [4.69, 9.17) is 27.9 Å².